The molecule has 0 heterocycles. The number of anilines is 1. The molecule has 0 aromatic heterocycles. The molecule has 0 unspecified atom stereocenters. The van der Waals surface area contributed by atoms with Crippen LogP contribution in [-0.2, 0) is 15.6 Å². The number of rotatable bonds is 5. The molecule has 3 saturated carbocycles. The Morgan fingerprint density at radius 3 is 2.41 bits per heavy atom. The van der Waals surface area contributed by atoms with Crippen molar-refractivity contribution in [1.82, 2.24) is 5.32 Å². The number of amides is 1. The molecule has 5 rings (SSSR count). The maximum absolute atomic E-state index is 12.3. The van der Waals surface area contributed by atoms with Gasteiger partial charge in [0.25, 0.3) is 0 Å². The molecule has 1 aromatic rings. The van der Waals surface area contributed by atoms with Gasteiger partial charge in [-0.3, -0.25) is 9.79 Å². The SMILES string of the molecule is C=N/C(NC(=O)C1CC1)=C(/C)C(=NC)Nc1cc(C)c2c(c1)C1(CCCCC1)CC21CC1. The number of carbonyl (C=O) groups is 1. The maximum atomic E-state index is 12.3. The highest BCUT2D eigenvalue weighted by Crippen LogP contribution is 2.66. The van der Waals surface area contributed by atoms with Gasteiger partial charge in [-0.15, -0.1) is 0 Å². The minimum absolute atomic E-state index is 0.0320. The first-order valence-electron chi connectivity index (χ1n) is 12.3. The van der Waals surface area contributed by atoms with E-state index < -0.39 is 0 Å². The van der Waals surface area contributed by atoms with Crippen molar-refractivity contribution in [3.05, 3.63) is 40.2 Å². The van der Waals surface area contributed by atoms with E-state index in [1.54, 1.807) is 18.2 Å². The molecule has 32 heavy (non-hydrogen) atoms. The van der Waals surface area contributed by atoms with E-state index in [4.69, 9.17) is 0 Å². The van der Waals surface area contributed by atoms with Crippen LogP contribution in [0.1, 0.15) is 87.8 Å². The topological polar surface area (TPSA) is 65.8 Å². The molecule has 5 heteroatoms. The Hall–Kier alpha value is -2.43. The van der Waals surface area contributed by atoms with Gasteiger partial charge in [0.1, 0.15) is 11.7 Å². The Morgan fingerprint density at radius 1 is 1.09 bits per heavy atom. The zero-order chi connectivity index (χ0) is 22.5. The van der Waals surface area contributed by atoms with E-state index in [1.165, 1.54) is 56.9 Å². The number of carbonyl (C=O) groups excluding carboxylic acids is 1. The van der Waals surface area contributed by atoms with Crippen molar-refractivity contribution in [3.63, 3.8) is 0 Å². The first-order valence-corrected chi connectivity index (χ1v) is 12.3. The Bertz CT molecular complexity index is 1020. The highest BCUT2D eigenvalue weighted by atomic mass is 16.2. The molecule has 170 valence electrons. The summed E-state index contributed by atoms with van der Waals surface area (Å²) in [6.45, 7) is 7.90. The van der Waals surface area contributed by atoms with Crippen LogP contribution < -0.4 is 10.6 Å². The molecule has 0 aliphatic heterocycles. The van der Waals surface area contributed by atoms with Crippen molar-refractivity contribution in [2.45, 2.75) is 88.9 Å². The number of benzene rings is 1. The van der Waals surface area contributed by atoms with Gasteiger partial charge >= 0.3 is 0 Å². The summed E-state index contributed by atoms with van der Waals surface area (Å²) in [6.07, 6.45) is 12.7. The Kier molecular flexibility index (Phi) is 5.26. The molecule has 2 spiro atoms. The van der Waals surface area contributed by atoms with Crippen molar-refractivity contribution >= 4 is 24.1 Å². The average Bonchev–Trinajstić information content (AvgIpc) is 3.71. The number of nitrogens with zero attached hydrogens (tertiary/aromatic N) is 2. The van der Waals surface area contributed by atoms with Crippen LogP contribution in [0.2, 0.25) is 0 Å². The van der Waals surface area contributed by atoms with Crippen molar-refractivity contribution in [3.8, 4) is 0 Å². The largest absolute Gasteiger partial charge is 0.340 e. The van der Waals surface area contributed by atoms with Gasteiger partial charge in [0.15, 0.2) is 0 Å². The van der Waals surface area contributed by atoms with E-state index in [0.29, 0.717) is 16.7 Å². The fourth-order valence-corrected chi connectivity index (χ4v) is 6.45. The Labute approximate surface area is 191 Å². The van der Waals surface area contributed by atoms with Crippen LogP contribution in [0.15, 0.2) is 33.5 Å². The second-order valence-electron chi connectivity index (χ2n) is 10.6. The standard InChI is InChI=1S/C27H36N4O/c1-17-14-20(30-23(28-3)18(2)24(29-4)31-25(32)19-8-9-19)15-21-22(17)27(12-13-27)16-26(21)10-6-5-7-11-26/h14-15,19H,4-13,16H2,1-3H3,(H,28,30)(H,31,32)/b24-18+. The van der Waals surface area contributed by atoms with Crippen LogP contribution in [0.25, 0.3) is 0 Å². The highest BCUT2D eigenvalue weighted by molar-refractivity contribution is 6.08. The molecule has 1 amide bonds. The summed E-state index contributed by atoms with van der Waals surface area (Å²) in [5.41, 5.74) is 7.37. The van der Waals surface area contributed by atoms with E-state index in [-0.39, 0.29) is 11.8 Å². The molecule has 0 atom stereocenters. The summed E-state index contributed by atoms with van der Waals surface area (Å²) in [7, 11) is 1.78. The number of aliphatic imine (C=N–C) groups is 2. The van der Waals surface area contributed by atoms with Gasteiger partial charge in [0.2, 0.25) is 5.91 Å². The second-order valence-corrected chi connectivity index (χ2v) is 10.6. The van der Waals surface area contributed by atoms with Gasteiger partial charge in [0, 0.05) is 24.2 Å². The van der Waals surface area contributed by atoms with Crippen molar-refractivity contribution in [2.75, 3.05) is 12.4 Å². The Balaban J connectivity index is 1.46. The fraction of sp³-hybridized carbons (Fsp3) is 0.593. The number of hydrogen-bond acceptors (Lipinski definition) is 3. The molecule has 1 aromatic carbocycles. The number of nitrogens with one attached hydrogen (secondary N) is 2. The number of hydrogen-bond donors (Lipinski definition) is 2. The predicted molar refractivity (Wildman–Crippen MR) is 132 cm³/mol. The fourth-order valence-electron chi connectivity index (χ4n) is 6.45. The molecule has 3 fully saturated rings. The number of fused-ring (bicyclic) bond motifs is 3. The van der Waals surface area contributed by atoms with Crippen LogP contribution in [0, 0.1) is 12.8 Å². The van der Waals surface area contributed by atoms with E-state index >= 15 is 0 Å². The molecule has 5 nitrogen and oxygen atoms in total. The minimum Gasteiger partial charge on any atom is -0.340 e. The van der Waals surface area contributed by atoms with Crippen LogP contribution in [0.5, 0.6) is 0 Å². The van der Waals surface area contributed by atoms with E-state index in [0.717, 1.165) is 29.9 Å². The van der Waals surface area contributed by atoms with Crippen LogP contribution in [0.4, 0.5) is 5.69 Å². The zero-order valence-corrected chi connectivity index (χ0v) is 19.8. The minimum atomic E-state index is 0.0320. The lowest BCUT2D eigenvalue weighted by Gasteiger charge is -2.35. The van der Waals surface area contributed by atoms with E-state index in [2.05, 4.69) is 46.4 Å². The summed E-state index contributed by atoms with van der Waals surface area (Å²) in [5, 5.41) is 6.49. The third-order valence-corrected chi connectivity index (χ3v) is 8.32. The van der Waals surface area contributed by atoms with Gasteiger partial charge in [-0.1, -0.05) is 19.3 Å². The first-order chi connectivity index (χ1) is 15.4. The van der Waals surface area contributed by atoms with Crippen molar-refractivity contribution in [2.24, 2.45) is 15.9 Å². The molecule has 4 aliphatic rings. The second kappa shape index (κ2) is 7.86. The lowest BCUT2D eigenvalue weighted by molar-refractivity contribution is -0.121. The van der Waals surface area contributed by atoms with E-state index in [1.807, 2.05) is 6.92 Å². The highest BCUT2D eigenvalue weighted by Gasteiger charge is 2.58. The third kappa shape index (κ3) is 3.60. The van der Waals surface area contributed by atoms with Gasteiger partial charge in [-0.25, -0.2) is 4.99 Å². The average molecular weight is 433 g/mol. The molecule has 4 aliphatic carbocycles. The van der Waals surface area contributed by atoms with Gasteiger partial charge < -0.3 is 10.6 Å². The number of amidine groups is 1. The lowest BCUT2D eigenvalue weighted by atomic mass is 9.69. The van der Waals surface area contributed by atoms with Gasteiger partial charge in [0.05, 0.1) is 0 Å². The summed E-state index contributed by atoms with van der Waals surface area (Å²) in [4.78, 5) is 20.9. The normalized spacial score (nSPS) is 23.5. The predicted octanol–water partition coefficient (Wildman–Crippen LogP) is 5.53. The van der Waals surface area contributed by atoms with Gasteiger partial charge in [-0.2, -0.15) is 0 Å². The first kappa shape index (κ1) is 21.4. The van der Waals surface area contributed by atoms with Crippen LogP contribution in [0.3, 0.4) is 0 Å². The molecule has 0 saturated heterocycles. The molecular weight excluding hydrogens is 396 g/mol. The van der Waals surface area contributed by atoms with Crippen molar-refractivity contribution in [1.29, 1.82) is 0 Å². The lowest BCUT2D eigenvalue weighted by Crippen LogP contribution is -2.28. The van der Waals surface area contributed by atoms with Crippen LogP contribution in [-0.4, -0.2) is 25.5 Å². The summed E-state index contributed by atoms with van der Waals surface area (Å²) in [6, 6.07) is 4.69. The zero-order valence-electron chi connectivity index (χ0n) is 19.8. The third-order valence-electron chi connectivity index (χ3n) is 8.32. The summed E-state index contributed by atoms with van der Waals surface area (Å²) < 4.78 is 0. The number of aryl methyl sites for hydroxylation is 1. The summed E-state index contributed by atoms with van der Waals surface area (Å²) >= 11 is 0. The van der Waals surface area contributed by atoms with E-state index in [9.17, 15) is 4.79 Å². The van der Waals surface area contributed by atoms with Gasteiger partial charge in [-0.05, 0) is 105 Å². The quantitative estimate of drug-likeness (QED) is 0.474. The smallest absolute Gasteiger partial charge is 0.228 e. The van der Waals surface area contributed by atoms with Crippen LogP contribution >= 0.6 is 0 Å². The van der Waals surface area contributed by atoms with Crippen molar-refractivity contribution < 1.29 is 4.79 Å². The molecule has 2 N–H and O–H groups in total. The maximum Gasteiger partial charge on any atom is 0.228 e. The molecular formula is C27H36N4O. The summed E-state index contributed by atoms with van der Waals surface area (Å²) in [5.74, 6) is 1.37. The molecule has 0 radical (unpaired) electrons. The monoisotopic (exact) mass is 432 g/mol. The molecule has 0 bridgehead atoms. The Morgan fingerprint density at radius 2 is 1.81 bits per heavy atom.